The third-order valence-electron chi connectivity index (χ3n) is 3.00. The van der Waals surface area contributed by atoms with Crippen molar-refractivity contribution in [3.8, 4) is 0 Å². The van der Waals surface area contributed by atoms with Crippen LogP contribution in [-0.4, -0.2) is 28.9 Å². The van der Waals surface area contributed by atoms with Gasteiger partial charge in [-0.25, -0.2) is 0 Å². The Hall–Kier alpha value is -1.38. The molecule has 15 heavy (non-hydrogen) atoms. The van der Waals surface area contributed by atoms with Crippen LogP contribution < -0.4 is 0 Å². The smallest absolute Gasteiger partial charge is 0.253 e. The highest BCUT2D eigenvalue weighted by Crippen LogP contribution is 2.17. The highest BCUT2D eigenvalue weighted by molar-refractivity contribution is 5.94. The minimum atomic E-state index is 0.143. The molecule has 0 atom stereocenters. The van der Waals surface area contributed by atoms with Gasteiger partial charge in [0.2, 0.25) is 0 Å². The first-order valence-electron chi connectivity index (χ1n) is 5.46. The molecule has 1 aromatic heterocycles. The molecular formula is C12H16N2O. The fourth-order valence-electron chi connectivity index (χ4n) is 1.89. The van der Waals surface area contributed by atoms with Gasteiger partial charge in [-0.05, 0) is 30.9 Å². The number of hydrogen-bond donors (Lipinski definition) is 0. The van der Waals surface area contributed by atoms with Gasteiger partial charge in [0.05, 0.1) is 0 Å². The first-order valence-corrected chi connectivity index (χ1v) is 5.46. The summed E-state index contributed by atoms with van der Waals surface area (Å²) in [5, 5.41) is 0. The molecule has 0 saturated carbocycles. The number of piperidine rings is 1. The lowest BCUT2D eigenvalue weighted by atomic mass is 9.99. The Bertz CT molecular complexity index is 329. The monoisotopic (exact) mass is 204 g/mol. The second kappa shape index (κ2) is 4.43. The van der Waals surface area contributed by atoms with Gasteiger partial charge in [-0.15, -0.1) is 0 Å². The van der Waals surface area contributed by atoms with Crippen LogP contribution in [-0.2, 0) is 0 Å². The highest BCUT2D eigenvalue weighted by Gasteiger charge is 2.20. The molecule has 0 spiro atoms. The number of pyridine rings is 1. The summed E-state index contributed by atoms with van der Waals surface area (Å²) in [6.07, 6.45) is 5.58. The Morgan fingerprint density at radius 2 is 1.93 bits per heavy atom. The SMILES string of the molecule is CC1CCN(C(=O)c2ccncc2)CC1. The molecule has 1 aliphatic heterocycles. The van der Waals surface area contributed by atoms with Crippen LogP contribution in [0.15, 0.2) is 24.5 Å². The van der Waals surface area contributed by atoms with E-state index in [2.05, 4.69) is 11.9 Å². The van der Waals surface area contributed by atoms with Gasteiger partial charge >= 0.3 is 0 Å². The molecule has 3 nitrogen and oxygen atoms in total. The summed E-state index contributed by atoms with van der Waals surface area (Å²) < 4.78 is 0. The molecule has 80 valence electrons. The van der Waals surface area contributed by atoms with E-state index in [1.165, 1.54) is 0 Å². The average Bonchev–Trinajstić information content (AvgIpc) is 2.30. The Morgan fingerprint density at radius 1 is 1.33 bits per heavy atom. The quantitative estimate of drug-likeness (QED) is 0.700. The van der Waals surface area contributed by atoms with Gasteiger partial charge in [0.25, 0.3) is 5.91 Å². The molecule has 1 amide bonds. The van der Waals surface area contributed by atoms with Gasteiger partial charge in [-0.1, -0.05) is 6.92 Å². The molecule has 0 radical (unpaired) electrons. The lowest BCUT2D eigenvalue weighted by Gasteiger charge is -2.30. The standard InChI is InChI=1S/C12H16N2O/c1-10-4-8-14(9-5-10)12(15)11-2-6-13-7-3-11/h2-3,6-7,10H,4-5,8-9H2,1H3. The van der Waals surface area contributed by atoms with E-state index in [-0.39, 0.29) is 5.91 Å². The van der Waals surface area contributed by atoms with E-state index in [4.69, 9.17) is 0 Å². The lowest BCUT2D eigenvalue weighted by Crippen LogP contribution is -2.37. The topological polar surface area (TPSA) is 33.2 Å². The minimum absolute atomic E-state index is 0.143. The van der Waals surface area contributed by atoms with Crippen molar-refractivity contribution < 1.29 is 4.79 Å². The van der Waals surface area contributed by atoms with Gasteiger partial charge in [-0.2, -0.15) is 0 Å². The molecule has 2 rings (SSSR count). The maximum Gasteiger partial charge on any atom is 0.253 e. The number of carbonyl (C=O) groups is 1. The fourth-order valence-corrected chi connectivity index (χ4v) is 1.89. The van der Waals surface area contributed by atoms with E-state index in [1.807, 2.05) is 4.90 Å². The van der Waals surface area contributed by atoms with E-state index in [0.717, 1.165) is 37.4 Å². The summed E-state index contributed by atoms with van der Waals surface area (Å²) in [7, 11) is 0. The van der Waals surface area contributed by atoms with Gasteiger partial charge in [0.1, 0.15) is 0 Å². The summed E-state index contributed by atoms with van der Waals surface area (Å²) in [6, 6.07) is 3.56. The van der Waals surface area contributed by atoms with Crippen LogP contribution in [0.3, 0.4) is 0 Å². The summed E-state index contributed by atoms with van der Waals surface area (Å²) in [4.78, 5) is 17.9. The van der Waals surface area contributed by atoms with Crippen LogP contribution in [0.1, 0.15) is 30.1 Å². The van der Waals surface area contributed by atoms with E-state index in [0.29, 0.717) is 0 Å². The number of rotatable bonds is 1. The molecule has 1 saturated heterocycles. The second-order valence-electron chi connectivity index (χ2n) is 4.21. The van der Waals surface area contributed by atoms with Crippen LogP contribution >= 0.6 is 0 Å². The van der Waals surface area contributed by atoms with Crippen molar-refractivity contribution in [3.05, 3.63) is 30.1 Å². The predicted molar refractivity (Wildman–Crippen MR) is 58.5 cm³/mol. The molecule has 0 unspecified atom stereocenters. The van der Waals surface area contributed by atoms with Crippen LogP contribution in [0.25, 0.3) is 0 Å². The second-order valence-corrected chi connectivity index (χ2v) is 4.21. The van der Waals surface area contributed by atoms with Crippen molar-refractivity contribution in [2.75, 3.05) is 13.1 Å². The summed E-state index contributed by atoms with van der Waals surface area (Å²) in [5.41, 5.74) is 0.750. The molecular weight excluding hydrogens is 188 g/mol. The molecule has 1 aliphatic rings. The normalized spacial score (nSPS) is 17.8. The van der Waals surface area contributed by atoms with Gasteiger partial charge in [0.15, 0.2) is 0 Å². The summed E-state index contributed by atoms with van der Waals surface area (Å²) in [5.74, 6) is 0.899. The summed E-state index contributed by atoms with van der Waals surface area (Å²) >= 11 is 0. The zero-order valence-corrected chi connectivity index (χ0v) is 9.02. The zero-order valence-electron chi connectivity index (χ0n) is 9.02. The Kier molecular flexibility index (Phi) is 2.99. The molecule has 0 aliphatic carbocycles. The molecule has 0 aromatic carbocycles. The van der Waals surface area contributed by atoms with E-state index < -0.39 is 0 Å². The van der Waals surface area contributed by atoms with Crippen molar-refractivity contribution in [3.63, 3.8) is 0 Å². The zero-order chi connectivity index (χ0) is 10.7. The summed E-state index contributed by atoms with van der Waals surface area (Å²) in [6.45, 7) is 4.03. The largest absolute Gasteiger partial charge is 0.339 e. The van der Waals surface area contributed by atoms with Crippen molar-refractivity contribution >= 4 is 5.91 Å². The maximum absolute atomic E-state index is 12.0. The van der Waals surface area contributed by atoms with Crippen LogP contribution in [0.4, 0.5) is 0 Å². The predicted octanol–water partition coefficient (Wildman–Crippen LogP) is 1.95. The molecule has 1 fully saturated rings. The number of amides is 1. The van der Waals surface area contributed by atoms with Crippen molar-refractivity contribution in [2.24, 2.45) is 5.92 Å². The highest BCUT2D eigenvalue weighted by atomic mass is 16.2. The lowest BCUT2D eigenvalue weighted by molar-refractivity contribution is 0.0697. The molecule has 0 bridgehead atoms. The molecule has 2 heterocycles. The molecule has 3 heteroatoms. The van der Waals surface area contributed by atoms with E-state index >= 15 is 0 Å². The third-order valence-corrected chi connectivity index (χ3v) is 3.00. The van der Waals surface area contributed by atoms with Crippen molar-refractivity contribution in [1.82, 2.24) is 9.88 Å². The van der Waals surface area contributed by atoms with E-state index in [9.17, 15) is 4.79 Å². The van der Waals surface area contributed by atoms with Gasteiger partial charge in [0, 0.05) is 31.0 Å². The first-order chi connectivity index (χ1) is 7.27. The van der Waals surface area contributed by atoms with Crippen LogP contribution in [0.5, 0.6) is 0 Å². The molecule has 1 aromatic rings. The maximum atomic E-state index is 12.0. The number of carbonyl (C=O) groups excluding carboxylic acids is 1. The minimum Gasteiger partial charge on any atom is -0.339 e. The van der Waals surface area contributed by atoms with E-state index in [1.54, 1.807) is 24.5 Å². The van der Waals surface area contributed by atoms with Crippen molar-refractivity contribution in [2.45, 2.75) is 19.8 Å². The number of aromatic nitrogens is 1. The Labute approximate surface area is 90.1 Å². The van der Waals surface area contributed by atoms with Crippen LogP contribution in [0.2, 0.25) is 0 Å². The number of nitrogens with zero attached hydrogens (tertiary/aromatic N) is 2. The Balaban J connectivity index is 2.03. The number of likely N-dealkylation sites (tertiary alicyclic amines) is 1. The number of hydrogen-bond acceptors (Lipinski definition) is 2. The van der Waals surface area contributed by atoms with Gasteiger partial charge in [-0.3, -0.25) is 9.78 Å². The first kappa shape index (κ1) is 10.1. The average molecular weight is 204 g/mol. The molecule has 0 N–H and O–H groups in total. The fraction of sp³-hybridized carbons (Fsp3) is 0.500. The Morgan fingerprint density at radius 3 is 2.53 bits per heavy atom. The van der Waals surface area contributed by atoms with Crippen molar-refractivity contribution in [1.29, 1.82) is 0 Å². The third kappa shape index (κ3) is 2.35. The van der Waals surface area contributed by atoms with Gasteiger partial charge < -0.3 is 4.90 Å². The van der Waals surface area contributed by atoms with Crippen LogP contribution in [0, 0.1) is 5.92 Å².